The number of hydrogen-bond donors (Lipinski definition) is 1. The van der Waals surface area contributed by atoms with Gasteiger partial charge in [-0.15, -0.1) is 0 Å². The third-order valence-electron chi connectivity index (χ3n) is 7.37. The predicted octanol–water partition coefficient (Wildman–Crippen LogP) is 1.90. The van der Waals surface area contributed by atoms with Gasteiger partial charge in [-0.2, -0.15) is 10.1 Å². The molecule has 2 heterocycles. The summed E-state index contributed by atoms with van der Waals surface area (Å²) >= 11 is 0. The number of aromatic nitrogens is 1. The molecule has 0 radical (unpaired) electrons. The van der Waals surface area contributed by atoms with E-state index < -0.39 is 0 Å². The smallest absolute Gasteiger partial charge is 0.254 e. The van der Waals surface area contributed by atoms with Gasteiger partial charge >= 0.3 is 0 Å². The molecule has 2 aromatic rings. The minimum atomic E-state index is -0.361. The summed E-state index contributed by atoms with van der Waals surface area (Å²) in [5.74, 6) is 0.354. The van der Waals surface area contributed by atoms with Crippen molar-refractivity contribution in [2.45, 2.75) is 19.4 Å². The zero-order chi connectivity index (χ0) is 20.6. The largest absolute Gasteiger partial charge is 0.370 e. The Morgan fingerprint density at radius 1 is 1.10 bits per heavy atom. The van der Waals surface area contributed by atoms with Gasteiger partial charge in [0.2, 0.25) is 5.91 Å². The fourth-order valence-corrected chi connectivity index (χ4v) is 5.97. The van der Waals surface area contributed by atoms with Crippen molar-refractivity contribution in [2.75, 3.05) is 0 Å². The highest BCUT2D eigenvalue weighted by molar-refractivity contribution is 6.07. The number of carbonyl (C=O) groups excluding carboxylic acids is 3. The van der Waals surface area contributed by atoms with Crippen LogP contribution in [0, 0.1) is 35.5 Å². The van der Waals surface area contributed by atoms with Crippen molar-refractivity contribution in [2.24, 2.45) is 46.3 Å². The number of hydrazone groups is 1. The van der Waals surface area contributed by atoms with Gasteiger partial charge in [0.25, 0.3) is 11.8 Å². The maximum Gasteiger partial charge on any atom is 0.254 e. The Morgan fingerprint density at radius 3 is 2.43 bits per heavy atom. The molecule has 1 aliphatic heterocycles. The zero-order valence-electron chi connectivity index (χ0n) is 16.3. The van der Waals surface area contributed by atoms with Gasteiger partial charge in [0.1, 0.15) is 0 Å². The number of para-hydroxylation sites is 1. The quantitative estimate of drug-likeness (QED) is 0.470. The summed E-state index contributed by atoms with van der Waals surface area (Å²) in [7, 11) is 0. The summed E-state index contributed by atoms with van der Waals surface area (Å²) in [4.78, 5) is 37.3. The van der Waals surface area contributed by atoms with E-state index in [9.17, 15) is 14.4 Å². The highest BCUT2D eigenvalue weighted by Crippen LogP contribution is 2.65. The highest BCUT2D eigenvalue weighted by atomic mass is 16.2. The fourth-order valence-electron chi connectivity index (χ4n) is 5.97. The van der Waals surface area contributed by atoms with E-state index in [2.05, 4.69) is 17.3 Å². The van der Waals surface area contributed by atoms with E-state index in [-0.39, 0.29) is 47.8 Å². The van der Waals surface area contributed by atoms with Gasteiger partial charge in [-0.3, -0.25) is 14.4 Å². The minimum absolute atomic E-state index is 0.164. The number of aryl methyl sites for hydroxylation is 1. The number of hydrogen-bond acceptors (Lipinski definition) is 4. The molecular formula is C23H22N4O3. The number of allylic oxidation sites excluding steroid dienone is 2. The third kappa shape index (κ3) is 2.38. The number of fused-ring (bicyclic) bond motifs is 1. The summed E-state index contributed by atoms with van der Waals surface area (Å²) in [5.41, 5.74) is 7.05. The second-order valence-electron chi connectivity index (χ2n) is 8.90. The van der Waals surface area contributed by atoms with Crippen molar-refractivity contribution in [1.82, 2.24) is 9.58 Å². The number of carbonyl (C=O) groups is 3. The molecule has 152 valence electrons. The molecule has 4 aliphatic carbocycles. The average molecular weight is 402 g/mol. The van der Waals surface area contributed by atoms with Gasteiger partial charge in [-0.25, -0.2) is 0 Å². The zero-order valence-corrected chi connectivity index (χ0v) is 16.3. The number of benzene rings is 1. The van der Waals surface area contributed by atoms with Crippen LogP contribution in [-0.2, 0) is 20.9 Å². The van der Waals surface area contributed by atoms with Gasteiger partial charge < -0.3 is 10.3 Å². The number of amides is 3. The number of imide groups is 1. The molecule has 3 amide bonds. The number of nitrogens with two attached hydrogens (primary N) is 1. The first-order valence-electron chi connectivity index (χ1n) is 10.5. The standard InChI is InChI=1S/C23H22N4O3/c24-19(28)7-8-26-11-12(13-3-1-2-4-18(13)26)10-25-27-22(29)20-14-5-6-15(17-9-16(14)17)21(20)23(27)30/h1-6,10-11,14-17,20-21H,7-9H2,(H2,24,28)/b25-10-/t14-,15-,16-,17-,20+,21+/m0/s1. The topological polar surface area (TPSA) is 97.8 Å². The Kier molecular flexibility index (Phi) is 3.61. The maximum atomic E-state index is 13.1. The van der Waals surface area contributed by atoms with Crippen LogP contribution in [0.25, 0.3) is 10.9 Å². The number of nitrogens with zero attached hydrogens (tertiary/aromatic N) is 3. The van der Waals surface area contributed by atoms with E-state index in [1.165, 1.54) is 0 Å². The molecule has 5 aliphatic rings. The van der Waals surface area contributed by atoms with Crippen molar-refractivity contribution in [1.29, 1.82) is 0 Å². The van der Waals surface area contributed by atoms with E-state index >= 15 is 0 Å². The highest BCUT2D eigenvalue weighted by Gasteiger charge is 2.67. The van der Waals surface area contributed by atoms with E-state index in [1.807, 2.05) is 35.0 Å². The minimum Gasteiger partial charge on any atom is -0.370 e. The lowest BCUT2D eigenvalue weighted by molar-refractivity contribution is -0.140. The van der Waals surface area contributed by atoms with Crippen LogP contribution >= 0.6 is 0 Å². The van der Waals surface area contributed by atoms with Crippen LogP contribution < -0.4 is 5.73 Å². The summed E-state index contributed by atoms with van der Waals surface area (Å²) in [6, 6.07) is 7.78. The Bertz CT molecular complexity index is 1130. The van der Waals surface area contributed by atoms with Crippen LogP contribution in [0.3, 0.4) is 0 Å². The van der Waals surface area contributed by atoms with Crippen LogP contribution in [-0.4, -0.2) is 33.5 Å². The molecule has 1 aromatic heterocycles. The van der Waals surface area contributed by atoms with Crippen molar-refractivity contribution in [3.05, 3.63) is 48.2 Å². The van der Waals surface area contributed by atoms with Gasteiger partial charge in [-0.05, 0) is 36.2 Å². The van der Waals surface area contributed by atoms with Crippen molar-refractivity contribution in [3.63, 3.8) is 0 Å². The lowest BCUT2D eigenvalue weighted by Gasteiger charge is -2.37. The Morgan fingerprint density at radius 2 is 1.77 bits per heavy atom. The van der Waals surface area contributed by atoms with Gasteiger partial charge in [0, 0.05) is 35.6 Å². The number of primary amides is 1. The summed E-state index contributed by atoms with van der Waals surface area (Å²) < 4.78 is 1.95. The van der Waals surface area contributed by atoms with E-state index in [0.717, 1.165) is 27.9 Å². The molecule has 2 N–H and O–H groups in total. The molecule has 0 unspecified atom stereocenters. The third-order valence-corrected chi connectivity index (χ3v) is 7.37. The van der Waals surface area contributed by atoms with E-state index in [4.69, 9.17) is 5.73 Å². The van der Waals surface area contributed by atoms with Crippen LogP contribution in [0.4, 0.5) is 0 Å². The van der Waals surface area contributed by atoms with Gasteiger partial charge in [0.15, 0.2) is 0 Å². The molecule has 6 atom stereocenters. The molecule has 7 heteroatoms. The molecule has 2 bridgehead atoms. The first-order valence-corrected chi connectivity index (χ1v) is 10.5. The Labute approximate surface area is 173 Å². The van der Waals surface area contributed by atoms with Crippen molar-refractivity contribution in [3.8, 4) is 0 Å². The lowest BCUT2D eigenvalue weighted by Crippen LogP contribution is -2.40. The average Bonchev–Trinajstić information content (AvgIpc) is 3.45. The molecule has 0 spiro atoms. The normalized spacial score (nSPS) is 33.5. The van der Waals surface area contributed by atoms with Gasteiger partial charge in [0.05, 0.1) is 18.1 Å². The molecule has 7 nitrogen and oxygen atoms in total. The monoisotopic (exact) mass is 402 g/mol. The first kappa shape index (κ1) is 17.6. The Hall–Kier alpha value is -3.22. The molecule has 3 fully saturated rings. The number of rotatable bonds is 5. The fraction of sp³-hybridized carbons (Fsp3) is 0.391. The molecule has 30 heavy (non-hydrogen) atoms. The van der Waals surface area contributed by atoms with Crippen LogP contribution in [0.15, 0.2) is 47.7 Å². The molecule has 1 aromatic carbocycles. The summed E-state index contributed by atoms with van der Waals surface area (Å²) in [5, 5.41) is 6.40. The van der Waals surface area contributed by atoms with Crippen LogP contribution in [0.2, 0.25) is 0 Å². The van der Waals surface area contributed by atoms with Crippen LogP contribution in [0.1, 0.15) is 18.4 Å². The first-order chi connectivity index (χ1) is 14.5. The Balaban J connectivity index is 1.31. The summed E-state index contributed by atoms with van der Waals surface area (Å²) in [6.45, 7) is 0.465. The lowest BCUT2D eigenvalue weighted by atomic mass is 9.63. The second kappa shape index (κ2) is 6.14. The predicted molar refractivity (Wildman–Crippen MR) is 110 cm³/mol. The maximum absolute atomic E-state index is 13.1. The van der Waals surface area contributed by atoms with E-state index in [1.54, 1.807) is 6.21 Å². The molecule has 7 rings (SSSR count). The SMILES string of the molecule is NC(=O)CCn1cc(/C=N\N2C(=O)[C@@H]3[C@H]4C=C[C@@H]([C@@H]5C[C@@H]45)[C@H]3C2=O)c2ccccc21. The summed E-state index contributed by atoms with van der Waals surface area (Å²) in [6.07, 6.45) is 9.17. The van der Waals surface area contributed by atoms with E-state index in [0.29, 0.717) is 18.4 Å². The van der Waals surface area contributed by atoms with Crippen molar-refractivity contribution >= 4 is 34.8 Å². The molecule has 2 saturated carbocycles. The molecule has 1 saturated heterocycles. The van der Waals surface area contributed by atoms with Crippen LogP contribution in [0.5, 0.6) is 0 Å². The van der Waals surface area contributed by atoms with Crippen molar-refractivity contribution < 1.29 is 14.4 Å². The second-order valence-corrected chi connectivity index (χ2v) is 8.90. The molecular weight excluding hydrogens is 380 g/mol. The van der Waals surface area contributed by atoms with Gasteiger partial charge in [-0.1, -0.05) is 30.4 Å².